The average Bonchev–Trinajstić information content (AvgIpc) is 3.32. The molecule has 4 heterocycles. The zero-order valence-electron chi connectivity index (χ0n) is 15.4. The normalized spacial score (nSPS) is 15.7. The van der Waals surface area contributed by atoms with Crippen molar-refractivity contribution in [3.05, 3.63) is 34.9 Å². The fourth-order valence-electron chi connectivity index (χ4n) is 3.50. The summed E-state index contributed by atoms with van der Waals surface area (Å²) in [4.78, 5) is 27.3. The van der Waals surface area contributed by atoms with Crippen molar-refractivity contribution in [2.45, 2.75) is 25.4 Å². The summed E-state index contributed by atoms with van der Waals surface area (Å²) in [5, 5.41) is 16.8. The van der Waals surface area contributed by atoms with Crippen molar-refractivity contribution >= 4 is 34.5 Å². The minimum atomic E-state index is -0.968. The topological polar surface area (TPSA) is 108 Å². The van der Waals surface area contributed by atoms with E-state index in [-0.39, 0.29) is 0 Å². The molecule has 1 saturated heterocycles. The molecule has 0 radical (unpaired) electrons. The summed E-state index contributed by atoms with van der Waals surface area (Å²) in [6.45, 7) is 3.80. The largest absolute Gasteiger partial charge is 0.465 e. The van der Waals surface area contributed by atoms with Gasteiger partial charge in [-0.3, -0.25) is 4.57 Å². The molecule has 0 atom stereocenters. The highest BCUT2D eigenvalue weighted by atomic mass is 32.1. The van der Waals surface area contributed by atoms with E-state index >= 15 is 0 Å². The predicted molar refractivity (Wildman–Crippen MR) is 108 cm³/mol. The van der Waals surface area contributed by atoms with Crippen molar-refractivity contribution in [1.82, 2.24) is 29.7 Å². The van der Waals surface area contributed by atoms with Crippen LogP contribution in [-0.2, 0) is 6.54 Å². The van der Waals surface area contributed by atoms with E-state index in [9.17, 15) is 4.79 Å². The molecule has 1 aliphatic rings. The van der Waals surface area contributed by atoms with Gasteiger partial charge in [-0.15, -0.1) is 11.3 Å². The molecule has 28 heavy (non-hydrogen) atoms. The summed E-state index contributed by atoms with van der Waals surface area (Å²) in [5.74, 6) is 0.829. The number of nitrogens with one attached hydrogen (secondary N) is 2. The summed E-state index contributed by atoms with van der Waals surface area (Å²) >= 11 is 1.72. The van der Waals surface area contributed by atoms with Gasteiger partial charge in [0.05, 0.1) is 12.7 Å². The van der Waals surface area contributed by atoms with Gasteiger partial charge in [0.1, 0.15) is 11.8 Å². The number of carbonyl (C=O) groups is 1. The Morgan fingerprint density at radius 2 is 2.21 bits per heavy atom. The molecule has 0 aliphatic carbocycles. The Labute approximate surface area is 166 Å². The van der Waals surface area contributed by atoms with Crippen LogP contribution in [0, 0.1) is 0 Å². The van der Waals surface area contributed by atoms with Gasteiger partial charge in [0.2, 0.25) is 5.95 Å². The lowest BCUT2D eigenvalue weighted by atomic mass is 10.1. The van der Waals surface area contributed by atoms with Gasteiger partial charge >= 0.3 is 6.09 Å². The van der Waals surface area contributed by atoms with Gasteiger partial charge in [-0.1, -0.05) is 6.07 Å². The smallest absolute Gasteiger partial charge is 0.404 e. The van der Waals surface area contributed by atoms with Crippen molar-refractivity contribution < 1.29 is 9.90 Å². The molecule has 0 spiro atoms. The van der Waals surface area contributed by atoms with Crippen molar-refractivity contribution in [3.8, 4) is 0 Å². The van der Waals surface area contributed by atoms with Crippen LogP contribution >= 0.6 is 11.3 Å². The number of thiophene rings is 1. The van der Waals surface area contributed by atoms with E-state index in [1.54, 1.807) is 23.9 Å². The Morgan fingerprint density at radius 1 is 1.36 bits per heavy atom. The molecule has 10 heteroatoms. The third kappa shape index (κ3) is 4.39. The number of hydrogen-bond acceptors (Lipinski definition) is 7. The van der Waals surface area contributed by atoms with Gasteiger partial charge < -0.3 is 20.6 Å². The third-order valence-electron chi connectivity index (χ3n) is 4.93. The van der Waals surface area contributed by atoms with E-state index in [1.807, 2.05) is 0 Å². The Balaban J connectivity index is 1.41. The van der Waals surface area contributed by atoms with Crippen LogP contribution in [0.2, 0.25) is 0 Å². The van der Waals surface area contributed by atoms with Gasteiger partial charge in [-0.2, -0.15) is 0 Å². The summed E-state index contributed by atoms with van der Waals surface area (Å²) in [6.07, 6.45) is 4.31. The second-order valence-electron chi connectivity index (χ2n) is 6.82. The van der Waals surface area contributed by atoms with E-state index in [1.165, 1.54) is 4.88 Å². The number of imidazole rings is 1. The number of carboxylic acid groups (broad SMARTS) is 1. The van der Waals surface area contributed by atoms with Crippen LogP contribution in [-0.4, -0.2) is 67.8 Å². The van der Waals surface area contributed by atoms with Crippen molar-refractivity contribution in [1.29, 1.82) is 0 Å². The van der Waals surface area contributed by atoms with Crippen LogP contribution in [0.25, 0.3) is 11.2 Å². The van der Waals surface area contributed by atoms with Crippen LogP contribution in [0.1, 0.15) is 17.7 Å². The van der Waals surface area contributed by atoms with Crippen LogP contribution in [0.4, 0.5) is 10.7 Å². The number of aromatic nitrogens is 4. The van der Waals surface area contributed by atoms with Crippen LogP contribution < -0.4 is 10.6 Å². The van der Waals surface area contributed by atoms with Gasteiger partial charge in [0, 0.05) is 37.1 Å². The average molecular weight is 401 g/mol. The lowest BCUT2D eigenvalue weighted by molar-refractivity contribution is 0.186. The van der Waals surface area contributed by atoms with Crippen LogP contribution in [0.15, 0.2) is 30.0 Å². The molecule has 3 aromatic rings. The minimum Gasteiger partial charge on any atom is -0.465 e. The maximum Gasteiger partial charge on any atom is 0.404 e. The molecule has 3 aromatic heterocycles. The molecular formula is C18H23N7O2S. The molecule has 148 valence electrons. The fraction of sp³-hybridized carbons (Fsp3) is 0.444. The summed E-state index contributed by atoms with van der Waals surface area (Å²) in [5.41, 5.74) is 1.63. The van der Waals surface area contributed by atoms with Crippen molar-refractivity contribution in [2.24, 2.45) is 0 Å². The molecule has 0 bridgehead atoms. The van der Waals surface area contributed by atoms with E-state index in [4.69, 9.17) is 10.1 Å². The highest BCUT2D eigenvalue weighted by Gasteiger charge is 2.22. The quantitative estimate of drug-likeness (QED) is 0.556. The molecule has 0 aromatic carbocycles. The molecule has 9 nitrogen and oxygen atoms in total. The number of hydrogen-bond donors (Lipinski definition) is 3. The predicted octanol–water partition coefficient (Wildman–Crippen LogP) is 2.08. The van der Waals surface area contributed by atoms with E-state index in [0.717, 1.165) is 56.1 Å². The molecular weight excluding hydrogens is 378 g/mol. The molecule has 0 saturated carbocycles. The zero-order chi connectivity index (χ0) is 19.3. The highest BCUT2D eigenvalue weighted by molar-refractivity contribution is 7.09. The molecule has 4 rings (SSSR count). The number of amides is 1. The standard InChI is InChI=1S/C18H23N7O2S/c26-18(27)20-5-8-24-6-3-13(4-7-24)22-17-23-15-10-19-12-21-16(15)25(17)11-14-2-1-9-28-14/h1-2,9-10,12-13,20H,3-8,11H2,(H,22,23)(H,26,27). The molecule has 0 unspecified atom stereocenters. The lowest BCUT2D eigenvalue weighted by Gasteiger charge is -2.32. The second-order valence-corrected chi connectivity index (χ2v) is 7.86. The SMILES string of the molecule is O=C(O)NCCN1CCC(Nc2nc3cncnc3n2Cc2cccs2)CC1. The number of likely N-dealkylation sites (tertiary alicyclic amines) is 1. The van der Waals surface area contributed by atoms with E-state index in [0.29, 0.717) is 12.6 Å². The Bertz CT molecular complexity index is 919. The van der Waals surface area contributed by atoms with Crippen LogP contribution in [0.3, 0.4) is 0 Å². The van der Waals surface area contributed by atoms with Gasteiger partial charge in [0.25, 0.3) is 0 Å². The lowest BCUT2D eigenvalue weighted by Crippen LogP contribution is -2.42. The number of anilines is 1. The maximum absolute atomic E-state index is 10.6. The first-order valence-corrected chi connectivity index (χ1v) is 10.2. The maximum atomic E-state index is 10.6. The summed E-state index contributed by atoms with van der Waals surface area (Å²) in [7, 11) is 0. The van der Waals surface area contributed by atoms with Crippen molar-refractivity contribution in [2.75, 3.05) is 31.5 Å². The second kappa shape index (κ2) is 8.53. The monoisotopic (exact) mass is 401 g/mol. The highest BCUT2D eigenvalue weighted by Crippen LogP contribution is 2.23. The number of fused-ring (bicyclic) bond motifs is 1. The summed E-state index contributed by atoms with van der Waals surface area (Å²) in [6, 6.07) is 4.50. The Morgan fingerprint density at radius 3 is 2.96 bits per heavy atom. The first-order valence-electron chi connectivity index (χ1n) is 9.33. The molecule has 3 N–H and O–H groups in total. The Kier molecular flexibility index (Phi) is 5.68. The first kappa shape index (κ1) is 18.6. The van der Waals surface area contributed by atoms with E-state index < -0.39 is 6.09 Å². The van der Waals surface area contributed by atoms with Crippen molar-refractivity contribution in [3.63, 3.8) is 0 Å². The number of rotatable bonds is 7. The van der Waals surface area contributed by atoms with Gasteiger partial charge in [-0.05, 0) is 24.3 Å². The van der Waals surface area contributed by atoms with E-state index in [2.05, 4.69) is 47.6 Å². The Hall–Kier alpha value is -2.72. The molecule has 1 amide bonds. The third-order valence-corrected chi connectivity index (χ3v) is 5.79. The van der Waals surface area contributed by atoms with Gasteiger partial charge in [-0.25, -0.2) is 19.7 Å². The zero-order valence-corrected chi connectivity index (χ0v) is 16.2. The summed E-state index contributed by atoms with van der Waals surface area (Å²) < 4.78 is 2.12. The minimum absolute atomic E-state index is 0.329. The first-order chi connectivity index (χ1) is 13.7. The number of piperidine rings is 1. The van der Waals surface area contributed by atoms with Crippen LogP contribution in [0.5, 0.6) is 0 Å². The molecule has 1 fully saturated rings. The fourth-order valence-corrected chi connectivity index (χ4v) is 4.19. The molecule has 1 aliphatic heterocycles. The van der Waals surface area contributed by atoms with Gasteiger partial charge in [0.15, 0.2) is 5.65 Å². The number of nitrogens with zero attached hydrogens (tertiary/aromatic N) is 5.